The molecule has 5 aliphatic heterocycles. The molecule has 3 aromatic heterocycles. The van der Waals surface area contributed by atoms with Crippen molar-refractivity contribution < 1.29 is 18.8 Å². The predicted molar refractivity (Wildman–Crippen MR) is 255 cm³/mol. The van der Waals surface area contributed by atoms with Crippen molar-refractivity contribution in [3.05, 3.63) is 59.7 Å². The Morgan fingerprint density at radius 1 is 0.969 bits per heavy atom. The van der Waals surface area contributed by atoms with Crippen LogP contribution in [0.1, 0.15) is 96.8 Å². The van der Waals surface area contributed by atoms with Crippen LogP contribution in [0.25, 0.3) is 32.9 Å². The van der Waals surface area contributed by atoms with Gasteiger partial charge in [-0.2, -0.15) is 4.98 Å². The summed E-state index contributed by atoms with van der Waals surface area (Å²) >= 11 is 0. The largest absolute Gasteiger partial charge is 0.508 e. The standard InChI is InChI=1S/C51H67FN10O3/c1-6-35-11-8-12-36-23-39(63)24-40(45(35)36)47-46(52)48-41(26-53-47)49(61-29-37-13-14-38(30-61)54-37)56-51(55-48)59(7-2)21-20-58-18-15-33(16-19-58)22-34-27-60(28-34)43-25-42(65-57-43)44(31(3)4)50(64)62-17-9-10-32(62)5/h8,11-12,23-26,31-34,37-38,44,54,63H,6-7,9-10,13-22,27-30H2,1-5H3. The van der Waals surface area contributed by atoms with Crippen molar-refractivity contribution in [2.45, 2.75) is 110 Å². The van der Waals surface area contributed by atoms with Gasteiger partial charge in [-0.25, -0.2) is 9.37 Å². The van der Waals surface area contributed by atoms with E-state index < -0.39 is 5.82 Å². The van der Waals surface area contributed by atoms with Crippen LogP contribution >= 0.6 is 0 Å². The van der Waals surface area contributed by atoms with E-state index in [0.29, 0.717) is 53.1 Å². The lowest BCUT2D eigenvalue weighted by Crippen LogP contribution is -2.51. The molecule has 5 saturated heterocycles. The molecule has 8 heterocycles. The van der Waals surface area contributed by atoms with Crippen LogP contribution in [0.4, 0.5) is 22.0 Å². The Labute approximate surface area is 382 Å². The molecule has 0 radical (unpaired) electrons. The smallest absolute Gasteiger partial charge is 0.233 e. The fraction of sp³-hybridized carbons (Fsp3) is 0.588. The molecule has 65 heavy (non-hydrogen) atoms. The minimum atomic E-state index is -0.485. The Morgan fingerprint density at radius 2 is 1.75 bits per heavy atom. The number of halogens is 1. The molecule has 1 amide bonds. The lowest BCUT2D eigenvalue weighted by molar-refractivity contribution is -0.134. The van der Waals surface area contributed by atoms with E-state index in [2.05, 4.69) is 70.8 Å². The lowest BCUT2D eigenvalue weighted by Gasteiger charge is -2.42. The van der Waals surface area contributed by atoms with Crippen molar-refractivity contribution in [2.75, 3.05) is 80.1 Å². The number of likely N-dealkylation sites (N-methyl/N-ethyl adjacent to an activating group) is 1. The number of phenols is 1. The topological polar surface area (TPSA) is 130 Å². The van der Waals surface area contributed by atoms with Crippen LogP contribution in [0.2, 0.25) is 0 Å². The van der Waals surface area contributed by atoms with Gasteiger partial charge in [0.05, 0.1) is 5.39 Å². The number of nitrogens with zero attached hydrogens (tertiary/aromatic N) is 9. The van der Waals surface area contributed by atoms with Crippen LogP contribution in [0, 0.1) is 23.6 Å². The van der Waals surface area contributed by atoms with Crippen LogP contribution in [-0.2, 0) is 11.2 Å². The summed E-state index contributed by atoms with van der Waals surface area (Å²) in [5.74, 6) is 3.78. The van der Waals surface area contributed by atoms with Gasteiger partial charge in [0.25, 0.3) is 0 Å². The number of pyridine rings is 1. The highest BCUT2D eigenvalue weighted by molar-refractivity contribution is 6.02. The van der Waals surface area contributed by atoms with Crippen molar-refractivity contribution in [1.29, 1.82) is 0 Å². The Balaban J connectivity index is 0.800. The number of piperazine rings is 1. The number of hydrogen-bond donors (Lipinski definition) is 2. The van der Waals surface area contributed by atoms with Gasteiger partial charge in [0.2, 0.25) is 11.9 Å². The number of amides is 1. The average molecular weight is 887 g/mol. The predicted octanol–water partition coefficient (Wildman–Crippen LogP) is 8.00. The lowest BCUT2D eigenvalue weighted by atomic mass is 9.83. The maximum atomic E-state index is 17.3. The molecule has 346 valence electrons. The van der Waals surface area contributed by atoms with Gasteiger partial charge >= 0.3 is 0 Å². The van der Waals surface area contributed by atoms with Gasteiger partial charge in [0.15, 0.2) is 17.4 Å². The molecule has 10 rings (SSSR count). The second kappa shape index (κ2) is 18.3. The van der Waals surface area contributed by atoms with Gasteiger partial charge < -0.3 is 39.4 Å². The number of rotatable bonds is 14. The average Bonchev–Trinajstić information content (AvgIpc) is 4.04. The van der Waals surface area contributed by atoms with E-state index >= 15 is 4.39 Å². The first-order valence-electron chi connectivity index (χ1n) is 24.7. The number of likely N-dealkylation sites (tertiary alicyclic amines) is 2. The third-order valence-electron chi connectivity index (χ3n) is 15.4. The molecule has 5 fully saturated rings. The first-order chi connectivity index (χ1) is 31.5. The molecule has 2 bridgehead atoms. The molecule has 14 heteroatoms. The molecule has 4 unspecified atom stereocenters. The van der Waals surface area contributed by atoms with Crippen molar-refractivity contribution in [2.24, 2.45) is 17.8 Å². The number of benzene rings is 2. The van der Waals surface area contributed by atoms with E-state index in [0.717, 1.165) is 119 Å². The summed E-state index contributed by atoms with van der Waals surface area (Å²) in [7, 11) is 0. The fourth-order valence-electron chi connectivity index (χ4n) is 11.8. The monoisotopic (exact) mass is 887 g/mol. The molecular formula is C51H67FN10O3. The van der Waals surface area contributed by atoms with Gasteiger partial charge in [0.1, 0.15) is 28.7 Å². The van der Waals surface area contributed by atoms with E-state index in [1.807, 2.05) is 23.1 Å². The maximum absolute atomic E-state index is 17.3. The number of anilines is 3. The molecule has 13 nitrogen and oxygen atoms in total. The van der Waals surface area contributed by atoms with Gasteiger partial charge in [0, 0.05) is 88.3 Å². The molecular weight excluding hydrogens is 820 g/mol. The SMILES string of the molecule is CCc1cccc2cc(O)cc(-c3ncc4c(N5CC6CCC(C5)N6)nc(N(CC)CCN5CCC(CC6CN(c7cc(C(C(=O)N8CCCC8C)C(C)C)on7)C6)CC5)nc4c3F)c12. The normalized spacial score (nSPS) is 22.4. The van der Waals surface area contributed by atoms with Crippen LogP contribution in [-0.4, -0.2) is 124 Å². The fourth-order valence-corrected chi connectivity index (χ4v) is 11.8. The molecule has 5 aliphatic rings. The summed E-state index contributed by atoms with van der Waals surface area (Å²) in [6.07, 6.45) is 10.5. The second-order valence-corrected chi connectivity index (χ2v) is 20.1. The van der Waals surface area contributed by atoms with Gasteiger partial charge in [-0.3, -0.25) is 9.78 Å². The minimum absolute atomic E-state index is 0.0770. The number of aromatic nitrogens is 4. The van der Waals surface area contributed by atoms with Crippen LogP contribution < -0.4 is 20.0 Å². The van der Waals surface area contributed by atoms with E-state index in [9.17, 15) is 9.90 Å². The number of piperidine rings is 1. The molecule has 2 aromatic carbocycles. The second-order valence-electron chi connectivity index (χ2n) is 20.1. The molecule has 5 aromatic rings. The molecule has 2 N–H and O–H groups in total. The van der Waals surface area contributed by atoms with Crippen LogP contribution in [0.5, 0.6) is 5.75 Å². The number of aromatic hydroxyl groups is 1. The summed E-state index contributed by atoms with van der Waals surface area (Å²) in [6.45, 7) is 19.4. The van der Waals surface area contributed by atoms with Gasteiger partial charge in [-0.05, 0) is 125 Å². The summed E-state index contributed by atoms with van der Waals surface area (Å²) in [5, 5.41) is 21.3. The summed E-state index contributed by atoms with van der Waals surface area (Å²) < 4.78 is 23.1. The summed E-state index contributed by atoms with van der Waals surface area (Å²) in [4.78, 5) is 40.0. The van der Waals surface area contributed by atoms with Crippen LogP contribution in [0.15, 0.2) is 47.1 Å². The Bertz CT molecular complexity index is 2510. The van der Waals surface area contributed by atoms with Crippen molar-refractivity contribution in [3.63, 3.8) is 0 Å². The van der Waals surface area contributed by atoms with E-state index in [1.165, 1.54) is 19.3 Å². The number of nitrogens with one attached hydrogen (secondary N) is 1. The Hall–Kier alpha value is -5.08. The zero-order valence-corrected chi connectivity index (χ0v) is 39.0. The quantitative estimate of drug-likeness (QED) is 0.112. The first kappa shape index (κ1) is 43.8. The number of carbonyl (C=O) groups excluding carboxylic acids is 1. The zero-order chi connectivity index (χ0) is 44.9. The number of hydrogen-bond acceptors (Lipinski definition) is 12. The van der Waals surface area contributed by atoms with Gasteiger partial charge in [-0.15, -0.1) is 0 Å². The number of aryl methyl sites for hydroxylation is 1. The van der Waals surface area contributed by atoms with E-state index in [4.69, 9.17) is 19.5 Å². The highest BCUT2D eigenvalue weighted by atomic mass is 19.1. The van der Waals surface area contributed by atoms with Crippen molar-refractivity contribution >= 4 is 45.2 Å². The number of phenolic OH excluding ortho intramolecular Hbond substituents is 1. The van der Waals surface area contributed by atoms with Crippen molar-refractivity contribution in [1.82, 2.24) is 35.2 Å². The Morgan fingerprint density at radius 3 is 2.46 bits per heavy atom. The highest BCUT2D eigenvalue weighted by Gasteiger charge is 2.39. The highest BCUT2D eigenvalue weighted by Crippen LogP contribution is 2.40. The number of fused-ring (bicyclic) bond motifs is 4. The summed E-state index contributed by atoms with van der Waals surface area (Å²) in [6, 6.07) is 12.4. The third-order valence-corrected chi connectivity index (χ3v) is 15.4. The minimum Gasteiger partial charge on any atom is -0.508 e. The van der Waals surface area contributed by atoms with E-state index in [-0.39, 0.29) is 40.7 Å². The van der Waals surface area contributed by atoms with Crippen LogP contribution in [0.3, 0.4) is 0 Å². The van der Waals surface area contributed by atoms with E-state index in [1.54, 1.807) is 18.3 Å². The van der Waals surface area contributed by atoms with Gasteiger partial charge in [-0.1, -0.05) is 44.1 Å². The first-order valence-corrected chi connectivity index (χ1v) is 24.7. The molecule has 4 atom stereocenters. The molecule has 0 saturated carbocycles. The third kappa shape index (κ3) is 8.61. The molecule has 0 spiro atoms. The number of carbonyl (C=O) groups is 1. The summed E-state index contributed by atoms with van der Waals surface area (Å²) in [5.41, 5.74) is 2.11. The zero-order valence-electron chi connectivity index (χ0n) is 39.0. The van der Waals surface area contributed by atoms with Crippen molar-refractivity contribution in [3.8, 4) is 17.0 Å². The maximum Gasteiger partial charge on any atom is 0.233 e. The Kier molecular flexibility index (Phi) is 12.3. The molecule has 0 aliphatic carbocycles.